The van der Waals surface area contributed by atoms with Crippen LogP contribution in [0.25, 0.3) is 10.9 Å². The Bertz CT molecular complexity index is 870. The van der Waals surface area contributed by atoms with Crippen molar-refractivity contribution in [3.63, 3.8) is 0 Å². The van der Waals surface area contributed by atoms with E-state index in [0.29, 0.717) is 29.1 Å². The lowest BCUT2D eigenvalue weighted by molar-refractivity contribution is -0.131. The maximum absolute atomic E-state index is 12.4. The van der Waals surface area contributed by atoms with Crippen molar-refractivity contribution >= 4 is 16.8 Å². The van der Waals surface area contributed by atoms with E-state index >= 15 is 0 Å². The Hall–Kier alpha value is -2.54. The van der Waals surface area contributed by atoms with Gasteiger partial charge in [0, 0.05) is 37.1 Å². The number of ether oxygens (including phenoxy) is 3. The van der Waals surface area contributed by atoms with Crippen LogP contribution in [0, 0.1) is 0 Å². The van der Waals surface area contributed by atoms with Crippen molar-refractivity contribution in [1.82, 2.24) is 9.88 Å². The number of H-pyrrole nitrogens is 1. The second kappa shape index (κ2) is 6.40. The number of rotatable bonds is 4. The van der Waals surface area contributed by atoms with E-state index in [4.69, 9.17) is 14.2 Å². The number of pyridine rings is 1. The highest BCUT2D eigenvalue weighted by molar-refractivity contribution is 5.83. The van der Waals surface area contributed by atoms with E-state index in [9.17, 15) is 9.59 Å². The minimum atomic E-state index is -0.204. The van der Waals surface area contributed by atoms with E-state index in [1.807, 2.05) is 12.1 Å². The maximum atomic E-state index is 12.4. The Morgan fingerprint density at radius 2 is 2.08 bits per heavy atom. The van der Waals surface area contributed by atoms with Crippen LogP contribution >= 0.6 is 0 Å². The first kappa shape index (κ1) is 16.0. The number of benzene rings is 1. The summed E-state index contributed by atoms with van der Waals surface area (Å²) in [5, 5.41) is 0.847. The number of hydrogen-bond donors (Lipinski definition) is 1. The smallest absolute Gasteiger partial charge is 0.253 e. The molecule has 132 valence electrons. The van der Waals surface area contributed by atoms with Crippen LogP contribution in [0.1, 0.15) is 25.3 Å². The monoisotopic (exact) mass is 344 g/mol. The minimum Gasteiger partial charge on any atom is -0.454 e. The third-order valence-electron chi connectivity index (χ3n) is 4.67. The third-order valence-corrected chi connectivity index (χ3v) is 4.67. The number of hydrogen-bond acceptors (Lipinski definition) is 5. The molecule has 0 saturated carbocycles. The summed E-state index contributed by atoms with van der Waals surface area (Å²) in [4.78, 5) is 28.9. The Labute approximate surface area is 144 Å². The fourth-order valence-corrected chi connectivity index (χ4v) is 3.30. The molecule has 2 aliphatic rings. The van der Waals surface area contributed by atoms with Crippen LogP contribution in [0.5, 0.6) is 11.5 Å². The normalized spacial score (nSPS) is 18.7. The SMILES string of the molecule is CC(=O)N(Cc1cc2cc3c(cc2[nH]c1=O)OCO3)C[C@H]1CCCO1. The zero-order valence-corrected chi connectivity index (χ0v) is 14.0. The molecule has 0 radical (unpaired) electrons. The van der Waals surface area contributed by atoms with E-state index in [-0.39, 0.29) is 30.9 Å². The van der Waals surface area contributed by atoms with Gasteiger partial charge in [0.25, 0.3) is 5.56 Å². The molecule has 1 amide bonds. The molecule has 0 aliphatic carbocycles. The number of aromatic nitrogens is 1. The predicted octanol–water partition coefficient (Wildman–Crippen LogP) is 1.78. The van der Waals surface area contributed by atoms with Crippen molar-refractivity contribution in [2.24, 2.45) is 0 Å². The number of nitrogens with zero attached hydrogens (tertiary/aromatic N) is 1. The number of aromatic amines is 1. The molecule has 1 fully saturated rings. The molecule has 4 rings (SSSR count). The standard InChI is InChI=1S/C18H20N2O5/c1-11(21)20(9-14-3-2-4-23-14)8-13-5-12-6-16-17(25-10-24-16)7-15(12)19-18(13)22/h5-7,14H,2-4,8-10H2,1H3,(H,19,22)/t14-/m1/s1. The van der Waals surface area contributed by atoms with Crippen molar-refractivity contribution in [1.29, 1.82) is 0 Å². The number of carbonyl (C=O) groups is 1. The number of carbonyl (C=O) groups excluding carboxylic acids is 1. The Balaban J connectivity index is 1.62. The predicted molar refractivity (Wildman–Crippen MR) is 90.8 cm³/mol. The Morgan fingerprint density at radius 3 is 2.80 bits per heavy atom. The molecule has 1 atom stereocenters. The van der Waals surface area contributed by atoms with Crippen LogP contribution in [0.4, 0.5) is 0 Å². The van der Waals surface area contributed by atoms with E-state index < -0.39 is 0 Å². The quantitative estimate of drug-likeness (QED) is 0.914. The first-order valence-corrected chi connectivity index (χ1v) is 8.43. The van der Waals surface area contributed by atoms with Gasteiger partial charge in [-0.3, -0.25) is 9.59 Å². The zero-order chi connectivity index (χ0) is 17.4. The van der Waals surface area contributed by atoms with Crippen molar-refractivity contribution in [3.05, 3.63) is 34.1 Å². The van der Waals surface area contributed by atoms with Gasteiger partial charge >= 0.3 is 0 Å². The second-order valence-electron chi connectivity index (χ2n) is 6.45. The summed E-state index contributed by atoms with van der Waals surface area (Å²) in [6.45, 7) is 3.20. The molecule has 2 aliphatic heterocycles. The topological polar surface area (TPSA) is 80.9 Å². The molecular weight excluding hydrogens is 324 g/mol. The molecule has 1 aromatic heterocycles. The molecule has 25 heavy (non-hydrogen) atoms. The zero-order valence-electron chi connectivity index (χ0n) is 14.0. The third kappa shape index (κ3) is 3.19. The minimum absolute atomic E-state index is 0.0530. The molecular formula is C18H20N2O5. The Morgan fingerprint density at radius 1 is 1.28 bits per heavy atom. The fourth-order valence-electron chi connectivity index (χ4n) is 3.30. The maximum Gasteiger partial charge on any atom is 0.253 e. The summed E-state index contributed by atoms with van der Waals surface area (Å²) in [7, 11) is 0. The molecule has 7 nitrogen and oxygen atoms in total. The van der Waals surface area contributed by atoms with Crippen LogP contribution in [0.15, 0.2) is 23.0 Å². The lowest BCUT2D eigenvalue weighted by atomic mass is 10.1. The van der Waals surface area contributed by atoms with Crippen LogP contribution in [-0.4, -0.2) is 41.8 Å². The van der Waals surface area contributed by atoms with Crippen LogP contribution in [0.3, 0.4) is 0 Å². The van der Waals surface area contributed by atoms with Crippen molar-refractivity contribution in [2.45, 2.75) is 32.4 Å². The van der Waals surface area contributed by atoms with E-state index in [1.54, 1.807) is 11.0 Å². The lowest BCUT2D eigenvalue weighted by Crippen LogP contribution is -2.36. The number of amides is 1. The molecule has 0 unspecified atom stereocenters. The van der Waals surface area contributed by atoms with E-state index in [2.05, 4.69) is 4.98 Å². The van der Waals surface area contributed by atoms with Crippen molar-refractivity contribution in [3.8, 4) is 11.5 Å². The summed E-state index contributed by atoms with van der Waals surface area (Å²) < 4.78 is 16.3. The van der Waals surface area contributed by atoms with Crippen molar-refractivity contribution in [2.75, 3.05) is 19.9 Å². The van der Waals surface area contributed by atoms with Gasteiger partial charge in [0.05, 0.1) is 18.2 Å². The molecule has 0 spiro atoms. The molecule has 3 heterocycles. The number of nitrogens with one attached hydrogen (secondary N) is 1. The molecule has 1 N–H and O–H groups in total. The molecule has 2 aromatic rings. The molecule has 0 bridgehead atoms. The highest BCUT2D eigenvalue weighted by Gasteiger charge is 2.22. The Kier molecular flexibility index (Phi) is 4.09. The summed E-state index contributed by atoms with van der Waals surface area (Å²) in [5.41, 5.74) is 1.02. The van der Waals surface area contributed by atoms with Gasteiger partial charge in [-0.15, -0.1) is 0 Å². The first-order chi connectivity index (χ1) is 12.1. The van der Waals surface area contributed by atoms with E-state index in [0.717, 1.165) is 24.8 Å². The van der Waals surface area contributed by atoms with Crippen molar-refractivity contribution < 1.29 is 19.0 Å². The average Bonchev–Trinajstić information content (AvgIpc) is 3.23. The van der Waals surface area contributed by atoms with Gasteiger partial charge in [0.2, 0.25) is 12.7 Å². The highest BCUT2D eigenvalue weighted by atomic mass is 16.7. The summed E-state index contributed by atoms with van der Waals surface area (Å²) in [5.74, 6) is 1.22. The average molecular weight is 344 g/mol. The van der Waals surface area contributed by atoms with Crippen LogP contribution in [-0.2, 0) is 16.1 Å². The summed E-state index contributed by atoms with van der Waals surface area (Å²) in [6.07, 6.45) is 2.01. The number of fused-ring (bicyclic) bond motifs is 2. The van der Waals surface area contributed by atoms with Gasteiger partial charge in [-0.25, -0.2) is 0 Å². The first-order valence-electron chi connectivity index (χ1n) is 8.43. The fraction of sp³-hybridized carbons (Fsp3) is 0.444. The van der Waals surface area contributed by atoms with Crippen LogP contribution < -0.4 is 15.0 Å². The van der Waals surface area contributed by atoms with Gasteiger partial charge in [-0.1, -0.05) is 0 Å². The molecule has 7 heteroatoms. The molecule has 1 aromatic carbocycles. The van der Waals surface area contributed by atoms with Gasteiger partial charge in [0.1, 0.15) is 0 Å². The summed E-state index contributed by atoms with van der Waals surface area (Å²) in [6, 6.07) is 5.41. The van der Waals surface area contributed by atoms with Crippen LogP contribution in [0.2, 0.25) is 0 Å². The summed E-state index contributed by atoms with van der Waals surface area (Å²) >= 11 is 0. The van der Waals surface area contributed by atoms with Gasteiger partial charge in [-0.2, -0.15) is 0 Å². The lowest BCUT2D eigenvalue weighted by Gasteiger charge is -2.24. The van der Waals surface area contributed by atoms with Gasteiger partial charge in [0.15, 0.2) is 11.5 Å². The molecule has 1 saturated heterocycles. The highest BCUT2D eigenvalue weighted by Crippen LogP contribution is 2.35. The second-order valence-corrected chi connectivity index (χ2v) is 6.45. The largest absolute Gasteiger partial charge is 0.454 e. The van der Waals surface area contributed by atoms with E-state index in [1.165, 1.54) is 6.92 Å². The van der Waals surface area contributed by atoms with Gasteiger partial charge < -0.3 is 24.1 Å². The van der Waals surface area contributed by atoms with Gasteiger partial charge in [-0.05, 0) is 25.0 Å².